The van der Waals surface area contributed by atoms with Crippen molar-refractivity contribution < 1.29 is 42.2 Å². The van der Waals surface area contributed by atoms with Gasteiger partial charge >= 0.3 is 5.97 Å². The molecule has 2 aliphatic rings. The Kier molecular flexibility index (Phi) is 12.6. The molecule has 1 aromatic carbocycles. The van der Waals surface area contributed by atoms with Crippen LogP contribution in [-0.4, -0.2) is 70.9 Å². The number of amides is 2. The fraction of sp³-hybridized carbons (Fsp3) is 0.556. The first kappa shape index (κ1) is 33.6. The SMILES string of the molecule is C.CC(C)(C)CC(=O)N1C[C@@H]2CCN(C(=O)C[C@H](N)Cc3cc(F)c(F)cc3F)[C@@H]2C1.O=CO/C=C/C(=O)O. The molecule has 3 N–H and O–H groups in total. The molecule has 9 nitrogen and oxygen atoms in total. The number of halogens is 3. The van der Waals surface area contributed by atoms with E-state index in [1.807, 2.05) is 25.7 Å². The Labute approximate surface area is 226 Å². The number of carbonyl (C=O) groups excluding carboxylic acids is 3. The van der Waals surface area contributed by atoms with E-state index in [1.54, 1.807) is 4.90 Å². The van der Waals surface area contributed by atoms with E-state index in [4.69, 9.17) is 10.8 Å². The van der Waals surface area contributed by atoms with Crippen molar-refractivity contribution in [2.24, 2.45) is 17.1 Å². The topological polar surface area (TPSA) is 130 Å². The van der Waals surface area contributed by atoms with E-state index in [9.17, 15) is 32.3 Å². The quantitative estimate of drug-likeness (QED) is 0.217. The molecular formula is C27H38F3N3O6. The molecule has 3 atom stereocenters. The number of nitrogens with two attached hydrogens (primary N) is 1. The Hall–Kier alpha value is -3.41. The van der Waals surface area contributed by atoms with Crippen molar-refractivity contribution in [3.05, 3.63) is 47.5 Å². The minimum Gasteiger partial charge on any atom is -0.478 e. The summed E-state index contributed by atoms with van der Waals surface area (Å²) in [4.78, 5) is 47.9. The zero-order valence-electron chi connectivity index (χ0n) is 21.7. The molecule has 0 aromatic heterocycles. The van der Waals surface area contributed by atoms with Crippen molar-refractivity contribution in [3.8, 4) is 0 Å². The number of rotatable bonds is 8. The van der Waals surface area contributed by atoms with Gasteiger partial charge in [-0.15, -0.1) is 0 Å². The van der Waals surface area contributed by atoms with Crippen LogP contribution in [0.3, 0.4) is 0 Å². The van der Waals surface area contributed by atoms with Crippen LogP contribution in [0.5, 0.6) is 0 Å². The maximum Gasteiger partial charge on any atom is 0.331 e. The summed E-state index contributed by atoms with van der Waals surface area (Å²) in [6.07, 6.45) is 2.72. The molecule has 2 amide bonds. The monoisotopic (exact) mass is 557 g/mol. The molecule has 218 valence electrons. The number of benzene rings is 1. The minimum atomic E-state index is -1.25. The third-order valence-electron chi connectivity index (χ3n) is 6.26. The van der Waals surface area contributed by atoms with Gasteiger partial charge in [0.2, 0.25) is 11.8 Å². The first-order valence-corrected chi connectivity index (χ1v) is 12.2. The Morgan fingerprint density at radius 2 is 1.77 bits per heavy atom. The van der Waals surface area contributed by atoms with E-state index in [0.717, 1.165) is 18.7 Å². The van der Waals surface area contributed by atoms with Crippen molar-refractivity contribution in [3.63, 3.8) is 0 Å². The number of carboxylic acid groups (broad SMARTS) is 1. The van der Waals surface area contributed by atoms with Crippen LogP contribution in [0.15, 0.2) is 24.5 Å². The number of hydrogen-bond acceptors (Lipinski definition) is 6. The fourth-order valence-corrected chi connectivity index (χ4v) is 4.59. The standard InChI is InChI=1S/C22H30F3N3O2.C4H4O4.CH4/c1-22(2,3)10-21(30)27-11-13-4-5-28(19(13)12-27)20(29)8-15(26)6-14-7-17(24)18(25)9-16(14)23;5-3-8-2-1-4(6)7;/h7,9,13,15,19H,4-6,8,10-12,26H2,1-3H3;1-3H,(H,6,7);1H4/b;2-1+;/t13-,15+,19+;;/m0../s1. The average Bonchev–Trinajstić information content (AvgIpc) is 3.38. The number of fused-ring (bicyclic) bond motifs is 1. The lowest BCUT2D eigenvalue weighted by molar-refractivity contribution is -0.135. The number of likely N-dealkylation sites (tertiary alicyclic amines) is 2. The van der Waals surface area contributed by atoms with Gasteiger partial charge in [-0.05, 0) is 29.9 Å². The van der Waals surface area contributed by atoms with E-state index in [1.165, 1.54) is 0 Å². The highest BCUT2D eigenvalue weighted by atomic mass is 19.2. The smallest absolute Gasteiger partial charge is 0.331 e. The Morgan fingerprint density at radius 1 is 1.13 bits per heavy atom. The number of nitrogens with zero attached hydrogens (tertiary/aromatic N) is 2. The molecule has 0 saturated carbocycles. The highest BCUT2D eigenvalue weighted by Gasteiger charge is 2.44. The number of hydrogen-bond donors (Lipinski definition) is 2. The molecular weight excluding hydrogens is 519 g/mol. The maximum atomic E-state index is 13.8. The second-order valence-electron chi connectivity index (χ2n) is 10.6. The van der Waals surface area contributed by atoms with Crippen LogP contribution in [0.25, 0.3) is 0 Å². The predicted molar refractivity (Wildman–Crippen MR) is 138 cm³/mol. The van der Waals surface area contributed by atoms with Gasteiger partial charge in [-0.3, -0.25) is 14.4 Å². The third-order valence-corrected chi connectivity index (χ3v) is 6.26. The van der Waals surface area contributed by atoms with Crippen LogP contribution in [0.2, 0.25) is 0 Å². The first-order valence-electron chi connectivity index (χ1n) is 12.2. The van der Waals surface area contributed by atoms with Crippen LogP contribution in [0.4, 0.5) is 13.2 Å². The predicted octanol–water partition coefficient (Wildman–Crippen LogP) is 3.25. The van der Waals surface area contributed by atoms with Gasteiger partial charge in [-0.2, -0.15) is 0 Å². The summed E-state index contributed by atoms with van der Waals surface area (Å²) in [6.45, 7) is 8.01. The van der Waals surface area contributed by atoms with Crippen molar-refractivity contribution in [2.75, 3.05) is 19.6 Å². The van der Waals surface area contributed by atoms with Crippen LogP contribution < -0.4 is 5.73 Å². The molecule has 1 aromatic rings. The van der Waals surface area contributed by atoms with Crippen molar-refractivity contribution in [1.82, 2.24) is 9.80 Å². The zero-order chi connectivity index (χ0) is 28.6. The average molecular weight is 558 g/mol. The van der Waals surface area contributed by atoms with Gasteiger partial charge in [-0.25, -0.2) is 18.0 Å². The summed E-state index contributed by atoms with van der Waals surface area (Å²) in [6, 6.07) is 0.548. The van der Waals surface area contributed by atoms with Gasteiger partial charge in [0.05, 0.1) is 12.1 Å². The van der Waals surface area contributed by atoms with Gasteiger partial charge in [-0.1, -0.05) is 28.2 Å². The van der Waals surface area contributed by atoms with Crippen LogP contribution in [0, 0.1) is 28.8 Å². The second kappa shape index (κ2) is 14.7. The van der Waals surface area contributed by atoms with Crippen LogP contribution in [0.1, 0.15) is 53.0 Å². The third kappa shape index (κ3) is 10.3. The molecule has 0 spiro atoms. The molecule has 0 unspecified atom stereocenters. The van der Waals surface area contributed by atoms with E-state index in [0.29, 0.717) is 38.2 Å². The number of carbonyl (C=O) groups is 4. The van der Waals surface area contributed by atoms with Crippen LogP contribution in [-0.2, 0) is 30.3 Å². The summed E-state index contributed by atoms with van der Waals surface area (Å²) < 4.78 is 44.2. The van der Waals surface area contributed by atoms with Crippen molar-refractivity contribution in [1.29, 1.82) is 0 Å². The van der Waals surface area contributed by atoms with Gasteiger partial charge < -0.3 is 25.4 Å². The van der Waals surface area contributed by atoms with E-state index in [-0.39, 0.29) is 61.5 Å². The van der Waals surface area contributed by atoms with E-state index >= 15 is 0 Å². The molecule has 2 saturated heterocycles. The normalized spacial score (nSPS) is 19.1. The summed E-state index contributed by atoms with van der Waals surface area (Å²) >= 11 is 0. The molecule has 0 bridgehead atoms. The minimum absolute atomic E-state index is 0. The van der Waals surface area contributed by atoms with Gasteiger partial charge in [0.15, 0.2) is 11.6 Å². The summed E-state index contributed by atoms with van der Waals surface area (Å²) in [5, 5.41) is 7.86. The molecule has 3 rings (SSSR count). The molecule has 0 aliphatic carbocycles. The number of carboxylic acids is 1. The summed E-state index contributed by atoms with van der Waals surface area (Å²) in [5.74, 6) is -4.20. The number of aliphatic carboxylic acids is 1. The van der Waals surface area contributed by atoms with Crippen LogP contribution >= 0.6 is 0 Å². The lowest BCUT2D eigenvalue weighted by Gasteiger charge is -2.27. The molecule has 12 heteroatoms. The summed E-state index contributed by atoms with van der Waals surface area (Å²) in [7, 11) is 0. The first-order chi connectivity index (χ1) is 17.7. The van der Waals surface area contributed by atoms with Crippen molar-refractivity contribution >= 4 is 24.3 Å². The van der Waals surface area contributed by atoms with Gasteiger partial charge in [0.25, 0.3) is 6.47 Å². The highest BCUT2D eigenvalue weighted by molar-refractivity contribution is 5.80. The van der Waals surface area contributed by atoms with Gasteiger partial charge in [0.1, 0.15) is 12.1 Å². The largest absolute Gasteiger partial charge is 0.478 e. The molecule has 39 heavy (non-hydrogen) atoms. The Balaban J connectivity index is 0.000000737. The molecule has 0 radical (unpaired) electrons. The van der Waals surface area contributed by atoms with Gasteiger partial charge in [0, 0.05) is 50.5 Å². The molecule has 2 heterocycles. The lowest BCUT2D eigenvalue weighted by Crippen LogP contribution is -2.43. The zero-order valence-corrected chi connectivity index (χ0v) is 21.7. The molecule has 2 fully saturated rings. The summed E-state index contributed by atoms with van der Waals surface area (Å²) in [5.41, 5.74) is 5.88. The maximum absolute atomic E-state index is 13.8. The van der Waals surface area contributed by atoms with E-state index < -0.39 is 29.5 Å². The van der Waals surface area contributed by atoms with E-state index in [2.05, 4.69) is 4.74 Å². The van der Waals surface area contributed by atoms with Crippen molar-refractivity contribution in [2.45, 2.75) is 66.0 Å². The Morgan fingerprint density at radius 3 is 2.36 bits per heavy atom. The fourth-order valence-electron chi connectivity index (χ4n) is 4.59. The molecule has 2 aliphatic heterocycles. The second-order valence-corrected chi connectivity index (χ2v) is 10.6. The highest BCUT2D eigenvalue weighted by Crippen LogP contribution is 2.33. The Bertz CT molecular complexity index is 1060. The number of ether oxygens (including phenoxy) is 1. The lowest BCUT2D eigenvalue weighted by atomic mass is 9.91.